The number of aromatic nitrogens is 1. The number of hydrogen-bond acceptors (Lipinski definition) is 3. The molecule has 1 rings (SSSR count). The molecule has 1 aromatic heterocycles. The minimum atomic E-state index is -0.479. The van der Waals surface area contributed by atoms with E-state index < -0.39 is 4.92 Å². The SMILES string of the molecule is CCc1cc([N+](=O)[O-])cc(Cl)n1. The van der Waals surface area contributed by atoms with Crippen molar-refractivity contribution < 1.29 is 4.92 Å². The second-order valence-corrected chi connectivity index (χ2v) is 2.64. The molecule has 0 bridgehead atoms. The number of nitro groups is 1. The highest BCUT2D eigenvalue weighted by Gasteiger charge is 2.08. The Morgan fingerprint density at radius 1 is 1.67 bits per heavy atom. The Labute approximate surface area is 74.3 Å². The summed E-state index contributed by atoms with van der Waals surface area (Å²) in [4.78, 5) is 13.8. The average Bonchev–Trinajstić information content (AvgIpc) is 2.03. The first-order valence-corrected chi connectivity index (χ1v) is 3.82. The molecular weight excluding hydrogens is 180 g/mol. The summed E-state index contributed by atoms with van der Waals surface area (Å²) in [6.45, 7) is 1.86. The molecule has 0 unspecified atom stereocenters. The third-order valence-corrected chi connectivity index (χ3v) is 1.60. The lowest BCUT2D eigenvalue weighted by molar-refractivity contribution is -0.385. The highest BCUT2D eigenvalue weighted by atomic mass is 35.5. The van der Waals surface area contributed by atoms with Crippen LogP contribution in [0.5, 0.6) is 0 Å². The van der Waals surface area contributed by atoms with Gasteiger partial charge in [0.1, 0.15) is 5.15 Å². The zero-order chi connectivity index (χ0) is 9.14. The minimum Gasteiger partial charge on any atom is -0.258 e. The smallest absolute Gasteiger partial charge is 0.258 e. The van der Waals surface area contributed by atoms with Crippen LogP contribution in [0.4, 0.5) is 5.69 Å². The van der Waals surface area contributed by atoms with Crippen LogP contribution in [0.15, 0.2) is 12.1 Å². The molecule has 0 atom stereocenters. The minimum absolute atomic E-state index is 0.00755. The summed E-state index contributed by atoms with van der Waals surface area (Å²) >= 11 is 5.56. The molecule has 0 aromatic carbocycles. The number of aryl methyl sites for hydroxylation is 1. The fourth-order valence-electron chi connectivity index (χ4n) is 0.823. The van der Waals surface area contributed by atoms with E-state index in [1.165, 1.54) is 12.1 Å². The zero-order valence-electron chi connectivity index (χ0n) is 6.45. The van der Waals surface area contributed by atoms with Gasteiger partial charge in [-0.15, -0.1) is 0 Å². The van der Waals surface area contributed by atoms with Gasteiger partial charge < -0.3 is 0 Å². The third kappa shape index (κ3) is 1.92. The van der Waals surface area contributed by atoms with Gasteiger partial charge in [0.15, 0.2) is 0 Å². The highest BCUT2D eigenvalue weighted by Crippen LogP contribution is 2.17. The molecule has 0 aliphatic carbocycles. The molecule has 12 heavy (non-hydrogen) atoms. The Morgan fingerprint density at radius 3 is 2.83 bits per heavy atom. The molecule has 4 nitrogen and oxygen atoms in total. The monoisotopic (exact) mass is 186 g/mol. The van der Waals surface area contributed by atoms with Crippen molar-refractivity contribution in [1.29, 1.82) is 0 Å². The van der Waals surface area contributed by atoms with Gasteiger partial charge in [-0.2, -0.15) is 0 Å². The van der Waals surface area contributed by atoms with E-state index in [0.29, 0.717) is 12.1 Å². The number of nitrogens with zero attached hydrogens (tertiary/aromatic N) is 2. The Balaban J connectivity index is 3.15. The fraction of sp³-hybridized carbons (Fsp3) is 0.286. The highest BCUT2D eigenvalue weighted by molar-refractivity contribution is 6.29. The van der Waals surface area contributed by atoms with Gasteiger partial charge in [0.05, 0.1) is 11.0 Å². The molecule has 0 fully saturated rings. The lowest BCUT2D eigenvalue weighted by atomic mass is 10.3. The Bertz CT molecular complexity index is 314. The molecular formula is C7H7ClN2O2. The van der Waals surface area contributed by atoms with E-state index in [0.717, 1.165) is 0 Å². The van der Waals surface area contributed by atoms with Crippen LogP contribution in [-0.2, 0) is 6.42 Å². The summed E-state index contributed by atoms with van der Waals surface area (Å²) in [5, 5.41) is 10.5. The molecule has 0 aliphatic heterocycles. The molecule has 0 radical (unpaired) electrons. The summed E-state index contributed by atoms with van der Waals surface area (Å²) < 4.78 is 0. The van der Waals surface area contributed by atoms with Gasteiger partial charge in [0.25, 0.3) is 5.69 Å². The van der Waals surface area contributed by atoms with Crippen LogP contribution in [0.25, 0.3) is 0 Å². The van der Waals surface area contributed by atoms with E-state index >= 15 is 0 Å². The topological polar surface area (TPSA) is 56.0 Å². The summed E-state index contributed by atoms with van der Waals surface area (Å²) in [6, 6.07) is 2.66. The van der Waals surface area contributed by atoms with Gasteiger partial charge in [-0.05, 0) is 6.42 Å². The van der Waals surface area contributed by atoms with Crippen molar-refractivity contribution in [2.24, 2.45) is 0 Å². The molecule has 0 amide bonds. The number of rotatable bonds is 2. The van der Waals surface area contributed by atoms with Crippen LogP contribution < -0.4 is 0 Å². The van der Waals surface area contributed by atoms with Gasteiger partial charge >= 0.3 is 0 Å². The first kappa shape index (κ1) is 8.93. The van der Waals surface area contributed by atoms with Crippen molar-refractivity contribution in [3.05, 3.63) is 33.1 Å². The predicted molar refractivity (Wildman–Crippen MR) is 45.3 cm³/mol. The molecule has 0 saturated carbocycles. The predicted octanol–water partition coefficient (Wildman–Crippen LogP) is 2.21. The second-order valence-electron chi connectivity index (χ2n) is 2.25. The van der Waals surface area contributed by atoms with Crippen molar-refractivity contribution in [3.8, 4) is 0 Å². The van der Waals surface area contributed by atoms with E-state index in [4.69, 9.17) is 11.6 Å². The standard InChI is InChI=1S/C7H7ClN2O2/c1-2-5-3-6(10(11)12)4-7(8)9-5/h3-4H,2H2,1H3. The molecule has 0 spiro atoms. The van der Waals surface area contributed by atoms with Crippen molar-refractivity contribution in [3.63, 3.8) is 0 Å². The maximum absolute atomic E-state index is 10.3. The molecule has 1 heterocycles. The molecule has 1 aromatic rings. The van der Waals surface area contributed by atoms with E-state index in [1.54, 1.807) is 0 Å². The summed E-state index contributed by atoms with van der Waals surface area (Å²) in [7, 11) is 0. The van der Waals surface area contributed by atoms with Gasteiger partial charge in [-0.1, -0.05) is 18.5 Å². The Hall–Kier alpha value is -1.16. The van der Waals surface area contributed by atoms with Crippen LogP contribution >= 0.6 is 11.6 Å². The van der Waals surface area contributed by atoms with E-state index in [9.17, 15) is 10.1 Å². The van der Waals surface area contributed by atoms with Gasteiger partial charge in [-0.3, -0.25) is 10.1 Å². The number of hydrogen-bond donors (Lipinski definition) is 0. The first-order chi connectivity index (χ1) is 5.63. The van der Waals surface area contributed by atoms with Gasteiger partial charge in [0, 0.05) is 11.8 Å². The quantitative estimate of drug-likeness (QED) is 0.404. The molecule has 0 N–H and O–H groups in total. The van der Waals surface area contributed by atoms with Gasteiger partial charge in [0.2, 0.25) is 0 Å². The first-order valence-electron chi connectivity index (χ1n) is 3.44. The largest absolute Gasteiger partial charge is 0.274 e. The van der Waals surface area contributed by atoms with Gasteiger partial charge in [-0.25, -0.2) is 4.98 Å². The Morgan fingerprint density at radius 2 is 2.33 bits per heavy atom. The van der Waals surface area contributed by atoms with Crippen molar-refractivity contribution in [1.82, 2.24) is 4.98 Å². The summed E-state index contributed by atoms with van der Waals surface area (Å²) in [5.41, 5.74) is 0.626. The zero-order valence-corrected chi connectivity index (χ0v) is 7.21. The van der Waals surface area contributed by atoms with E-state index in [2.05, 4.69) is 4.98 Å². The van der Waals surface area contributed by atoms with Crippen LogP contribution in [0.2, 0.25) is 5.15 Å². The summed E-state index contributed by atoms with van der Waals surface area (Å²) in [5.74, 6) is 0. The number of pyridine rings is 1. The Kier molecular flexibility index (Phi) is 2.60. The van der Waals surface area contributed by atoms with E-state index in [1.807, 2.05) is 6.92 Å². The normalized spacial score (nSPS) is 9.83. The molecule has 64 valence electrons. The lowest BCUT2D eigenvalue weighted by Gasteiger charge is -1.96. The van der Waals surface area contributed by atoms with Crippen molar-refractivity contribution in [2.45, 2.75) is 13.3 Å². The number of halogens is 1. The van der Waals surface area contributed by atoms with Crippen LogP contribution in [0.3, 0.4) is 0 Å². The molecule has 0 aliphatic rings. The molecule has 5 heteroatoms. The van der Waals surface area contributed by atoms with Crippen molar-refractivity contribution in [2.75, 3.05) is 0 Å². The van der Waals surface area contributed by atoms with Crippen molar-refractivity contribution >= 4 is 17.3 Å². The van der Waals surface area contributed by atoms with Crippen LogP contribution in [-0.4, -0.2) is 9.91 Å². The lowest BCUT2D eigenvalue weighted by Crippen LogP contribution is -1.93. The summed E-state index contributed by atoms with van der Waals surface area (Å²) in [6.07, 6.45) is 0.640. The van der Waals surface area contributed by atoms with E-state index in [-0.39, 0.29) is 10.8 Å². The second kappa shape index (κ2) is 3.49. The third-order valence-electron chi connectivity index (χ3n) is 1.40. The maximum Gasteiger partial charge on any atom is 0.274 e. The van der Waals surface area contributed by atoms with Crippen LogP contribution in [0, 0.1) is 10.1 Å². The molecule has 0 saturated heterocycles. The van der Waals surface area contributed by atoms with Crippen LogP contribution in [0.1, 0.15) is 12.6 Å². The maximum atomic E-state index is 10.3. The average molecular weight is 187 g/mol. The fourth-order valence-corrected chi connectivity index (χ4v) is 1.04.